The van der Waals surface area contributed by atoms with Crippen LogP contribution in [0.1, 0.15) is 25.5 Å². The van der Waals surface area contributed by atoms with Crippen molar-refractivity contribution in [3.8, 4) is 5.75 Å². The Morgan fingerprint density at radius 1 is 1.44 bits per heavy atom. The van der Waals surface area contributed by atoms with Gasteiger partial charge in [-0.25, -0.2) is 4.79 Å². The van der Waals surface area contributed by atoms with E-state index in [0.29, 0.717) is 0 Å². The van der Waals surface area contributed by atoms with Crippen molar-refractivity contribution in [3.63, 3.8) is 0 Å². The highest BCUT2D eigenvalue weighted by atomic mass is 16.5. The molecule has 1 rings (SSSR count). The summed E-state index contributed by atoms with van der Waals surface area (Å²) in [6.07, 6.45) is -1.56. The molecule has 0 fully saturated rings. The molecular weight excluding hydrogens is 238 g/mol. The number of carbonyl (C=O) groups excluding carboxylic acids is 2. The van der Waals surface area contributed by atoms with Gasteiger partial charge in [0.15, 0.2) is 6.10 Å². The van der Waals surface area contributed by atoms with E-state index in [-0.39, 0.29) is 23.6 Å². The number of para-hydroxylation sites is 1. The number of rotatable bonds is 4. The Hall–Kier alpha value is -2.08. The molecule has 1 aromatic carbocycles. The summed E-state index contributed by atoms with van der Waals surface area (Å²) in [5.74, 6) is -1.49. The van der Waals surface area contributed by atoms with E-state index in [1.54, 1.807) is 6.92 Å². The van der Waals surface area contributed by atoms with Gasteiger partial charge in [0, 0.05) is 12.5 Å². The van der Waals surface area contributed by atoms with Crippen LogP contribution < -0.4 is 5.32 Å². The molecule has 1 atom stereocenters. The number of carbonyl (C=O) groups is 2. The largest absolute Gasteiger partial charge is 0.506 e. The van der Waals surface area contributed by atoms with Gasteiger partial charge in [0.2, 0.25) is 5.91 Å². The third-order valence-corrected chi connectivity index (χ3v) is 2.18. The second kappa shape index (κ2) is 6.02. The highest BCUT2D eigenvalue weighted by Gasteiger charge is 2.23. The van der Waals surface area contributed by atoms with Crippen LogP contribution in [0.15, 0.2) is 18.2 Å². The highest BCUT2D eigenvalue weighted by molar-refractivity contribution is 5.93. The number of esters is 1. The fourth-order valence-corrected chi connectivity index (χ4v) is 1.45. The van der Waals surface area contributed by atoms with Crippen LogP contribution in [0.25, 0.3) is 0 Å². The fourth-order valence-electron chi connectivity index (χ4n) is 1.45. The molecule has 1 unspecified atom stereocenters. The summed E-state index contributed by atoms with van der Waals surface area (Å²) < 4.78 is 4.67. The molecule has 0 aliphatic heterocycles. The molecule has 3 N–H and O–H groups in total. The van der Waals surface area contributed by atoms with Crippen molar-refractivity contribution in [3.05, 3.63) is 23.8 Å². The lowest BCUT2D eigenvalue weighted by atomic mass is 10.1. The maximum Gasteiger partial charge on any atom is 0.339 e. The van der Waals surface area contributed by atoms with Crippen molar-refractivity contribution < 1.29 is 24.5 Å². The first-order valence-corrected chi connectivity index (χ1v) is 5.41. The number of amides is 1. The zero-order valence-electron chi connectivity index (χ0n) is 10.1. The molecule has 0 aliphatic rings. The zero-order valence-corrected chi connectivity index (χ0v) is 10.1. The smallest absolute Gasteiger partial charge is 0.339 e. The molecule has 0 aliphatic carbocycles. The van der Waals surface area contributed by atoms with E-state index in [0.717, 1.165) is 0 Å². The summed E-state index contributed by atoms with van der Waals surface area (Å²) in [6.45, 7) is 3.00. The van der Waals surface area contributed by atoms with Gasteiger partial charge in [-0.15, -0.1) is 0 Å². The molecule has 0 heterocycles. The van der Waals surface area contributed by atoms with Crippen LogP contribution in [0.3, 0.4) is 0 Å². The summed E-state index contributed by atoms with van der Waals surface area (Å²) in [7, 11) is 0. The monoisotopic (exact) mass is 253 g/mol. The number of hydrogen-bond donors (Lipinski definition) is 3. The van der Waals surface area contributed by atoms with Crippen molar-refractivity contribution in [1.82, 2.24) is 0 Å². The highest BCUT2D eigenvalue weighted by Crippen LogP contribution is 2.32. The lowest BCUT2D eigenvalue weighted by molar-refractivity contribution is -0.153. The topological polar surface area (TPSA) is 95.9 Å². The normalized spacial score (nSPS) is 11.7. The molecule has 0 saturated heterocycles. The van der Waals surface area contributed by atoms with E-state index in [1.807, 2.05) is 0 Å². The summed E-state index contributed by atoms with van der Waals surface area (Å²) in [6, 6.07) is 4.22. The van der Waals surface area contributed by atoms with E-state index in [4.69, 9.17) is 0 Å². The molecule has 6 heteroatoms. The number of hydrogen-bond acceptors (Lipinski definition) is 5. The summed E-state index contributed by atoms with van der Waals surface area (Å²) in [5, 5.41) is 21.8. The van der Waals surface area contributed by atoms with Crippen LogP contribution in [0, 0.1) is 0 Å². The average molecular weight is 253 g/mol. The molecule has 0 spiro atoms. The van der Waals surface area contributed by atoms with Crippen molar-refractivity contribution in [2.75, 3.05) is 11.9 Å². The van der Waals surface area contributed by atoms with E-state index in [1.165, 1.54) is 25.1 Å². The van der Waals surface area contributed by atoms with Crippen LogP contribution in [0.5, 0.6) is 5.75 Å². The average Bonchev–Trinajstić information content (AvgIpc) is 2.30. The van der Waals surface area contributed by atoms with Crippen molar-refractivity contribution in [2.45, 2.75) is 20.0 Å². The number of anilines is 1. The number of phenolic OH excluding ortho intramolecular Hbond substituents is 1. The molecule has 1 aromatic rings. The lowest BCUT2D eigenvalue weighted by Crippen LogP contribution is -2.18. The van der Waals surface area contributed by atoms with Crippen molar-refractivity contribution >= 4 is 17.6 Å². The SMILES string of the molecule is CCOC(=O)C(O)c1cccc(O)c1NC(C)=O. The van der Waals surface area contributed by atoms with Gasteiger partial charge in [0.25, 0.3) is 0 Å². The number of aromatic hydroxyl groups is 1. The maximum absolute atomic E-state index is 11.4. The van der Waals surface area contributed by atoms with Gasteiger partial charge in [-0.2, -0.15) is 0 Å². The molecule has 0 bridgehead atoms. The van der Waals surface area contributed by atoms with Crippen molar-refractivity contribution in [1.29, 1.82) is 0 Å². The fraction of sp³-hybridized carbons (Fsp3) is 0.333. The van der Waals surface area contributed by atoms with Crippen LogP contribution in [0.2, 0.25) is 0 Å². The third-order valence-electron chi connectivity index (χ3n) is 2.18. The second-order valence-corrected chi connectivity index (χ2v) is 3.58. The first-order valence-electron chi connectivity index (χ1n) is 5.41. The van der Waals surface area contributed by atoms with Gasteiger partial charge in [0.1, 0.15) is 5.75 Å². The number of benzene rings is 1. The number of nitrogens with one attached hydrogen (secondary N) is 1. The number of aliphatic hydroxyl groups excluding tert-OH is 1. The molecule has 98 valence electrons. The van der Waals surface area contributed by atoms with E-state index in [9.17, 15) is 19.8 Å². The van der Waals surface area contributed by atoms with E-state index < -0.39 is 18.0 Å². The third kappa shape index (κ3) is 3.21. The minimum Gasteiger partial charge on any atom is -0.506 e. The zero-order chi connectivity index (χ0) is 13.7. The Labute approximate surface area is 104 Å². The second-order valence-electron chi connectivity index (χ2n) is 3.58. The van der Waals surface area contributed by atoms with Gasteiger partial charge >= 0.3 is 5.97 Å². The van der Waals surface area contributed by atoms with Crippen LogP contribution >= 0.6 is 0 Å². The summed E-state index contributed by atoms with van der Waals surface area (Å²) in [5.41, 5.74) is 0.0919. The van der Waals surface area contributed by atoms with Gasteiger partial charge < -0.3 is 20.3 Å². The van der Waals surface area contributed by atoms with E-state index in [2.05, 4.69) is 10.1 Å². The molecule has 0 radical (unpaired) electrons. The molecular formula is C12H15NO5. The van der Waals surface area contributed by atoms with Gasteiger partial charge in [-0.05, 0) is 13.0 Å². The van der Waals surface area contributed by atoms with Crippen LogP contribution in [-0.4, -0.2) is 28.7 Å². The predicted molar refractivity (Wildman–Crippen MR) is 64.0 cm³/mol. The molecule has 18 heavy (non-hydrogen) atoms. The Bertz CT molecular complexity index is 458. The molecule has 1 amide bonds. The van der Waals surface area contributed by atoms with Crippen LogP contribution in [0.4, 0.5) is 5.69 Å². The molecule has 6 nitrogen and oxygen atoms in total. The van der Waals surface area contributed by atoms with Crippen LogP contribution in [-0.2, 0) is 14.3 Å². The Morgan fingerprint density at radius 2 is 2.11 bits per heavy atom. The number of ether oxygens (including phenoxy) is 1. The summed E-state index contributed by atoms with van der Waals surface area (Å²) >= 11 is 0. The van der Waals surface area contributed by atoms with Gasteiger partial charge in [-0.1, -0.05) is 12.1 Å². The quantitative estimate of drug-likeness (QED) is 0.548. The Morgan fingerprint density at radius 3 is 2.67 bits per heavy atom. The minimum absolute atomic E-state index is 0.00514. The van der Waals surface area contributed by atoms with E-state index >= 15 is 0 Å². The Balaban J connectivity index is 3.11. The van der Waals surface area contributed by atoms with Gasteiger partial charge in [-0.3, -0.25) is 4.79 Å². The first-order chi connectivity index (χ1) is 8.47. The first kappa shape index (κ1) is 14.0. The summed E-state index contributed by atoms with van der Waals surface area (Å²) in [4.78, 5) is 22.4. The number of phenols is 1. The molecule has 0 saturated carbocycles. The number of aliphatic hydroxyl groups is 1. The predicted octanol–water partition coefficient (Wildman–Crippen LogP) is 0.947. The minimum atomic E-state index is -1.56. The Kier molecular flexibility index (Phi) is 4.67. The van der Waals surface area contributed by atoms with Crippen molar-refractivity contribution in [2.24, 2.45) is 0 Å². The molecule has 0 aromatic heterocycles. The standard InChI is InChI=1S/C12H15NO5/c1-3-18-12(17)11(16)8-5-4-6-9(15)10(8)13-7(2)14/h4-6,11,15-16H,3H2,1-2H3,(H,13,14). The lowest BCUT2D eigenvalue weighted by Gasteiger charge is -2.15. The maximum atomic E-state index is 11.4. The van der Waals surface area contributed by atoms with Gasteiger partial charge in [0.05, 0.1) is 12.3 Å².